The summed E-state index contributed by atoms with van der Waals surface area (Å²) in [7, 11) is 0. The molecule has 1 atom stereocenters. The molecule has 2 aromatic rings. The largest absolute Gasteiger partial charge is 0.490 e. The molecule has 1 aliphatic heterocycles. The smallest absolute Gasteiger partial charge is 0.257 e. The van der Waals surface area contributed by atoms with Crippen molar-refractivity contribution in [2.45, 2.75) is 13.0 Å². The van der Waals surface area contributed by atoms with Crippen molar-refractivity contribution in [3.63, 3.8) is 0 Å². The van der Waals surface area contributed by atoms with E-state index in [1.54, 1.807) is 12.4 Å². The Kier molecular flexibility index (Phi) is 5.26. The first-order valence-corrected chi connectivity index (χ1v) is 7.93. The first-order chi connectivity index (χ1) is 11.3. The summed E-state index contributed by atoms with van der Waals surface area (Å²) in [5, 5.41) is 3.42. The molecule has 23 heavy (non-hydrogen) atoms. The SMILES string of the molecule is CC1CN(c2nccnc2OCCOc2ccccc2)CCN1. The molecular weight excluding hydrogens is 292 g/mol. The highest BCUT2D eigenvalue weighted by atomic mass is 16.5. The molecule has 122 valence electrons. The number of piperazine rings is 1. The highest BCUT2D eigenvalue weighted by molar-refractivity contribution is 5.48. The molecule has 1 N–H and O–H groups in total. The van der Waals surface area contributed by atoms with Gasteiger partial charge >= 0.3 is 0 Å². The summed E-state index contributed by atoms with van der Waals surface area (Å²) < 4.78 is 11.4. The summed E-state index contributed by atoms with van der Waals surface area (Å²) in [5.41, 5.74) is 0. The molecule has 2 heterocycles. The number of hydrogen-bond donors (Lipinski definition) is 1. The average molecular weight is 314 g/mol. The third-order valence-electron chi connectivity index (χ3n) is 3.65. The Morgan fingerprint density at radius 2 is 1.91 bits per heavy atom. The van der Waals surface area contributed by atoms with E-state index < -0.39 is 0 Å². The lowest BCUT2D eigenvalue weighted by Gasteiger charge is -2.33. The third kappa shape index (κ3) is 4.32. The lowest BCUT2D eigenvalue weighted by Crippen LogP contribution is -2.49. The van der Waals surface area contributed by atoms with Crippen LogP contribution in [0.25, 0.3) is 0 Å². The van der Waals surface area contributed by atoms with Gasteiger partial charge in [0.05, 0.1) is 0 Å². The minimum absolute atomic E-state index is 0.431. The summed E-state index contributed by atoms with van der Waals surface area (Å²) in [5.74, 6) is 2.21. The summed E-state index contributed by atoms with van der Waals surface area (Å²) in [6, 6.07) is 10.1. The fourth-order valence-electron chi connectivity index (χ4n) is 2.58. The number of benzene rings is 1. The molecule has 0 amide bonds. The van der Waals surface area contributed by atoms with Crippen molar-refractivity contribution in [3.8, 4) is 11.6 Å². The van der Waals surface area contributed by atoms with E-state index in [1.165, 1.54) is 0 Å². The molecular formula is C17H22N4O2. The third-order valence-corrected chi connectivity index (χ3v) is 3.65. The Labute approximate surface area is 136 Å². The Morgan fingerprint density at radius 3 is 2.74 bits per heavy atom. The first kappa shape index (κ1) is 15.6. The fraction of sp³-hybridized carbons (Fsp3) is 0.412. The molecule has 3 rings (SSSR count). The van der Waals surface area contributed by atoms with Gasteiger partial charge in [0.15, 0.2) is 5.82 Å². The van der Waals surface area contributed by atoms with Crippen molar-refractivity contribution in [2.75, 3.05) is 37.7 Å². The van der Waals surface area contributed by atoms with E-state index >= 15 is 0 Å². The van der Waals surface area contributed by atoms with Crippen LogP contribution in [-0.4, -0.2) is 48.9 Å². The second-order valence-electron chi connectivity index (χ2n) is 5.50. The lowest BCUT2D eigenvalue weighted by atomic mass is 10.2. The number of hydrogen-bond acceptors (Lipinski definition) is 6. The highest BCUT2D eigenvalue weighted by Gasteiger charge is 2.20. The maximum absolute atomic E-state index is 5.79. The minimum atomic E-state index is 0.431. The fourth-order valence-corrected chi connectivity index (χ4v) is 2.58. The molecule has 1 fully saturated rings. The van der Waals surface area contributed by atoms with E-state index in [2.05, 4.69) is 27.1 Å². The molecule has 1 aromatic heterocycles. The van der Waals surface area contributed by atoms with Gasteiger partial charge in [-0.1, -0.05) is 18.2 Å². The molecule has 1 unspecified atom stereocenters. The Bertz CT molecular complexity index is 609. The van der Waals surface area contributed by atoms with Crippen LogP contribution in [0.5, 0.6) is 11.6 Å². The maximum atomic E-state index is 5.79. The Hall–Kier alpha value is -2.34. The van der Waals surface area contributed by atoms with Crippen LogP contribution < -0.4 is 19.7 Å². The van der Waals surface area contributed by atoms with Crippen molar-refractivity contribution in [1.82, 2.24) is 15.3 Å². The van der Waals surface area contributed by atoms with Gasteiger partial charge in [-0.15, -0.1) is 0 Å². The maximum Gasteiger partial charge on any atom is 0.257 e. The number of nitrogens with zero attached hydrogens (tertiary/aromatic N) is 3. The van der Waals surface area contributed by atoms with E-state index in [1.807, 2.05) is 30.3 Å². The van der Waals surface area contributed by atoms with Gasteiger partial charge in [0, 0.05) is 38.1 Å². The van der Waals surface area contributed by atoms with Crippen LogP contribution in [0.1, 0.15) is 6.92 Å². The molecule has 0 aliphatic carbocycles. The van der Waals surface area contributed by atoms with Gasteiger partial charge in [-0.25, -0.2) is 9.97 Å². The molecule has 1 aliphatic rings. The molecule has 0 bridgehead atoms. The van der Waals surface area contributed by atoms with Crippen LogP contribution in [-0.2, 0) is 0 Å². The van der Waals surface area contributed by atoms with Crippen LogP contribution in [0.4, 0.5) is 5.82 Å². The van der Waals surface area contributed by atoms with Gasteiger partial charge in [-0.05, 0) is 19.1 Å². The predicted octanol–water partition coefficient (Wildman–Crippen LogP) is 1.73. The standard InChI is InChI=1S/C17H22N4O2/c1-14-13-21(10-9-18-14)16-17(20-8-7-19-16)23-12-11-22-15-5-3-2-4-6-15/h2-8,14,18H,9-13H2,1H3. The topological polar surface area (TPSA) is 59.5 Å². The average Bonchev–Trinajstić information content (AvgIpc) is 2.60. The van der Waals surface area contributed by atoms with E-state index in [4.69, 9.17) is 9.47 Å². The summed E-state index contributed by atoms with van der Waals surface area (Å²) in [6.45, 7) is 5.81. The van der Waals surface area contributed by atoms with Crippen molar-refractivity contribution < 1.29 is 9.47 Å². The number of anilines is 1. The summed E-state index contributed by atoms with van der Waals surface area (Å²) in [6.07, 6.45) is 3.36. The molecule has 1 aromatic carbocycles. The minimum Gasteiger partial charge on any atom is -0.490 e. The number of ether oxygens (including phenoxy) is 2. The van der Waals surface area contributed by atoms with Crippen LogP contribution in [0, 0.1) is 0 Å². The van der Waals surface area contributed by atoms with Crippen LogP contribution in [0.15, 0.2) is 42.7 Å². The Morgan fingerprint density at radius 1 is 1.13 bits per heavy atom. The molecule has 0 radical (unpaired) electrons. The van der Waals surface area contributed by atoms with Gasteiger partial charge in [0.2, 0.25) is 0 Å². The molecule has 6 heteroatoms. The monoisotopic (exact) mass is 314 g/mol. The van der Waals surface area contributed by atoms with E-state index in [-0.39, 0.29) is 0 Å². The Balaban J connectivity index is 1.55. The summed E-state index contributed by atoms with van der Waals surface area (Å²) >= 11 is 0. The van der Waals surface area contributed by atoms with Crippen molar-refractivity contribution in [2.24, 2.45) is 0 Å². The molecule has 6 nitrogen and oxygen atoms in total. The predicted molar refractivity (Wildman–Crippen MR) is 89.1 cm³/mol. The zero-order chi connectivity index (χ0) is 15.9. The molecule has 1 saturated heterocycles. The number of aromatic nitrogens is 2. The van der Waals surface area contributed by atoms with E-state index in [0.29, 0.717) is 25.1 Å². The van der Waals surface area contributed by atoms with E-state index in [0.717, 1.165) is 31.2 Å². The number of nitrogens with one attached hydrogen (secondary N) is 1. The zero-order valence-electron chi connectivity index (χ0n) is 13.3. The molecule has 0 spiro atoms. The van der Waals surface area contributed by atoms with Crippen LogP contribution in [0.2, 0.25) is 0 Å². The van der Waals surface area contributed by atoms with Crippen LogP contribution >= 0.6 is 0 Å². The number of rotatable bonds is 6. The zero-order valence-corrected chi connectivity index (χ0v) is 13.3. The number of para-hydroxylation sites is 1. The van der Waals surface area contributed by atoms with Crippen LogP contribution in [0.3, 0.4) is 0 Å². The first-order valence-electron chi connectivity index (χ1n) is 7.93. The van der Waals surface area contributed by atoms with Gasteiger partial charge < -0.3 is 19.7 Å². The lowest BCUT2D eigenvalue weighted by molar-refractivity contribution is 0.211. The van der Waals surface area contributed by atoms with Gasteiger partial charge in [0.1, 0.15) is 19.0 Å². The quantitative estimate of drug-likeness (QED) is 0.820. The van der Waals surface area contributed by atoms with Crippen molar-refractivity contribution in [1.29, 1.82) is 0 Å². The van der Waals surface area contributed by atoms with E-state index in [9.17, 15) is 0 Å². The van der Waals surface area contributed by atoms with Crippen molar-refractivity contribution >= 4 is 5.82 Å². The molecule has 0 saturated carbocycles. The summed E-state index contributed by atoms with van der Waals surface area (Å²) in [4.78, 5) is 11.0. The van der Waals surface area contributed by atoms with Gasteiger partial charge in [-0.3, -0.25) is 0 Å². The van der Waals surface area contributed by atoms with Crippen molar-refractivity contribution in [3.05, 3.63) is 42.7 Å². The van der Waals surface area contributed by atoms with Gasteiger partial charge in [-0.2, -0.15) is 0 Å². The van der Waals surface area contributed by atoms with Gasteiger partial charge in [0.25, 0.3) is 5.88 Å². The normalized spacial score (nSPS) is 17.8. The second-order valence-corrected chi connectivity index (χ2v) is 5.50. The second kappa shape index (κ2) is 7.78. The highest BCUT2D eigenvalue weighted by Crippen LogP contribution is 2.23.